The fourth-order valence-corrected chi connectivity index (χ4v) is 4.40. The standard InChI is InChI=1S/C23H11Cl3F3N3O4S/c24-14-4-3-13(10-15(14)25)30-22-31-21(33)20(37-22)8-11-1-5-18(16(26)7-11)36-19-6-2-12(23(27,28)29)9-17(19)32(34)35/h1-10H,(H,30,31,33)/b20-8-. The van der Waals surface area contributed by atoms with Crippen LogP contribution in [0.2, 0.25) is 15.1 Å². The van der Waals surface area contributed by atoms with E-state index >= 15 is 0 Å². The largest absolute Gasteiger partial charge is 0.449 e. The predicted molar refractivity (Wildman–Crippen MR) is 137 cm³/mol. The molecule has 0 saturated carbocycles. The van der Waals surface area contributed by atoms with E-state index in [1.54, 1.807) is 18.2 Å². The highest BCUT2D eigenvalue weighted by Gasteiger charge is 2.33. The maximum absolute atomic E-state index is 12.9. The molecule has 0 spiro atoms. The van der Waals surface area contributed by atoms with E-state index in [2.05, 4.69) is 10.3 Å². The number of nitro benzene ring substituents is 1. The highest BCUT2D eigenvalue weighted by Crippen LogP contribution is 2.40. The average molecular weight is 589 g/mol. The van der Waals surface area contributed by atoms with Gasteiger partial charge in [0.15, 0.2) is 5.17 Å². The molecule has 0 aliphatic carbocycles. The Balaban J connectivity index is 1.54. The summed E-state index contributed by atoms with van der Waals surface area (Å²) in [6.45, 7) is 0. The van der Waals surface area contributed by atoms with Gasteiger partial charge in [0, 0.05) is 6.07 Å². The number of halogens is 6. The number of carbonyl (C=O) groups excluding carboxylic acids is 1. The quantitative estimate of drug-likeness (QED) is 0.184. The summed E-state index contributed by atoms with van der Waals surface area (Å²) in [5.41, 5.74) is -1.08. The number of amidine groups is 1. The number of aliphatic imine (C=N–C) groups is 1. The van der Waals surface area contributed by atoms with Crippen LogP contribution in [0.5, 0.6) is 11.5 Å². The number of hydrogen-bond acceptors (Lipinski definition) is 6. The molecule has 0 bridgehead atoms. The van der Waals surface area contributed by atoms with Crippen molar-refractivity contribution < 1.29 is 27.6 Å². The molecular formula is C23H11Cl3F3N3O4S. The zero-order chi connectivity index (χ0) is 26.9. The summed E-state index contributed by atoms with van der Waals surface area (Å²) in [5.74, 6) is -0.849. The molecule has 0 aromatic heterocycles. The molecule has 14 heteroatoms. The van der Waals surface area contributed by atoms with E-state index in [1.165, 1.54) is 24.3 Å². The predicted octanol–water partition coefficient (Wildman–Crippen LogP) is 8.26. The number of nitrogens with one attached hydrogen (secondary N) is 1. The van der Waals surface area contributed by atoms with Crippen LogP contribution in [0, 0.1) is 10.1 Å². The monoisotopic (exact) mass is 587 g/mol. The molecule has 3 aromatic carbocycles. The van der Waals surface area contributed by atoms with Gasteiger partial charge in [-0.15, -0.1) is 0 Å². The normalized spacial score (nSPS) is 15.8. The summed E-state index contributed by atoms with van der Waals surface area (Å²) in [5, 5.41) is 14.9. The van der Waals surface area contributed by atoms with Crippen molar-refractivity contribution in [3.8, 4) is 11.5 Å². The summed E-state index contributed by atoms with van der Waals surface area (Å²) < 4.78 is 44.2. The van der Waals surface area contributed by atoms with Gasteiger partial charge in [-0.2, -0.15) is 13.2 Å². The van der Waals surface area contributed by atoms with E-state index in [9.17, 15) is 28.1 Å². The van der Waals surface area contributed by atoms with Gasteiger partial charge in [-0.3, -0.25) is 14.9 Å². The van der Waals surface area contributed by atoms with Crippen LogP contribution in [0.15, 0.2) is 64.5 Å². The second-order valence-electron chi connectivity index (χ2n) is 7.31. The minimum atomic E-state index is -4.76. The van der Waals surface area contributed by atoms with E-state index in [4.69, 9.17) is 39.5 Å². The first-order valence-corrected chi connectivity index (χ1v) is 11.9. The summed E-state index contributed by atoms with van der Waals surface area (Å²) in [6.07, 6.45) is -3.22. The Morgan fingerprint density at radius 3 is 2.35 bits per heavy atom. The van der Waals surface area contributed by atoms with E-state index in [1.807, 2.05) is 0 Å². The molecule has 1 aliphatic heterocycles. The maximum atomic E-state index is 12.9. The Morgan fingerprint density at radius 2 is 1.70 bits per heavy atom. The summed E-state index contributed by atoms with van der Waals surface area (Å²) >= 11 is 19.2. The number of rotatable bonds is 5. The number of nitro groups is 1. The molecule has 7 nitrogen and oxygen atoms in total. The molecule has 0 unspecified atom stereocenters. The minimum absolute atomic E-state index is 0.0108. The van der Waals surface area contributed by atoms with Gasteiger partial charge in [0.05, 0.1) is 36.1 Å². The first kappa shape index (κ1) is 26.8. The van der Waals surface area contributed by atoms with Crippen molar-refractivity contribution in [2.45, 2.75) is 6.18 Å². The van der Waals surface area contributed by atoms with Crippen LogP contribution in [0.1, 0.15) is 11.1 Å². The van der Waals surface area contributed by atoms with Gasteiger partial charge < -0.3 is 10.1 Å². The van der Waals surface area contributed by atoms with Gasteiger partial charge in [0.2, 0.25) is 5.75 Å². The molecule has 1 amide bonds. The molecule has 3 aromatic rings. The van der Waals surface area contributed by atoms with Crippen LogP contribution < -0.4 is 10.1 Å². The van der Waals surface area contributed by atoms with Crippen LogP contribution >= 0.6 is 46.6 Å². The van der Waals surface area contributed by atoms with Crippen molar-refractivity contribution in [3.63, 3.8) is 0 Å². The van der Waals surface area contributed by atoms with Gasteiger partial charge >= 0.3 is 11.9 Å². The lowest BCUT2D eigenvalue weighted by molar-refractivity contribution is -0.385. The Morgan fingerprint density at radius 1 is 0.973 bits per heavy atom. The second-order valence-corrected chi connectivity index (χ2v) is 9.56. The first-order valence-electron chi connectivity index (χ1n) is 9.98. The summed E-state index contributed by atoms with van der Waals surface area (Å²) in [7, 11) is 0. The molecule has 0 radical (unpaired) electrons. The van der Waals surface area contributed by atoms with Crippen molar-refractivity contribution in [1.82, 2.24) is 5.32 Å². The Labute approximate surface area is 226 Å². The zero-order valence-corrected chi connectivity index (χ0v) is 21.1. The van der Waals surface area contributed by atoms with Crippen LogP contribution in [-0.2, 0) is 11.0 Å². The van der Waals surface area contributed by atoms with Crippen molar-refractivity contribution >= 4 is 75.1 Å². The third-order valence-electron chi connectivity index (χ3n) is 4.74. The molecule has 190 valence electrons. The molecule has 1 saturated heterocycles. The van der Waals surface area contributed by atoms with E-state index in [0.717, 1.165) is 17.8 Å². The van der Waals surface area contributed by atoms with E-state index in [0.29, 0.717) is 43.5 Å². The molecule has 37 heavy (non-hydrogen) atoms. The second kappa shape index (κ2) is 10.6. The lowest BCUT2D eigenvalue weighted by Gasteiger charge is -2.11. The number of thioether (sulfide) groups is 1. The lowest BCUT2D eigenvalue weighted by Crippen LogP contribution is -2.19. The van der Waals surface area contributed by atoms with Crippen molar-refractivity contribution in [2.75, 3.05) is 0 Å². The summed E-state index contributed by atoms with van der Waals surface area (Å²) in [4.78, 5) is 27.3. The van der Waals surface area contributed by atoms with E-state index in [-0.39, 0.29) is 10.8 Å². The molecule has 1 fully saturated rings. The highest BCUT2D eigenvalue weighted by molar-refractivity contribution is 8.18. The average Bonchev–Trinajstić information content (AvgIpc) is 3.15. The van der Waals surface area contributed by atoms with Crippen LogP contribution in [0.3, 0.4) is 0 Å². The summed E-state index contributed by atoms with van der Waals surface area (Å²) in [6, 6.07) is 11.0. The number of benzene rings is 3. The lowest BCUT2D eigenvalue weighted by atomic mass is 10.1. The minimum Gasteiger partial charge on any atom is -0.449 e. The van der Waals surface area contributed by atoms with E-state index < -0.39 is 34.0 Å². The van der Waals surface area contributed by atoms with Crippen molar-refractivity contribution in [2.24, 2.45) is 4.99 Å². The number of amides is 1. The maximum Gasteiger partial charge on any atom is 0.416 e. The Kier molecular flexibility index (Phi) is 7.69. The molecule has 0 atom stereocenters. The number of ether oxygens (including phenoxy) is 1. The fraction of sp³-hybridized carbons (Fsp3) is 0.0435. The number of nitrogens with zero attached hydrogens (tertiary/aromatic N) is 2. The van der Waals surface area contributed by atoms with Gasteiger partial charge in [0.25, 0.3) is 5.91 Å². The van der Waals surface area contributed by atoms with Crippen LogP contribution in [0.4, 0.5) is 24.5 Å². The molecule has 1 aliphatic rings. The van der Waals surface area contributed by atoms with Crippen molar-refractivity contribution in [3.05, 3.63) is 95.8 Å². The van der Waals surface area contributed by atoms with Gasteiger partial charge in [-0.1, -0.05) is 40.9 Å². The molecule has 4 rings (SSSR count). The van der Waals surface area contributed by atoms with Crippen molar-refractivity contribution in [1.29, 1.82) is 0 Å². The first-order chi connectivity index (χ1) is 17.4. The fourth-order valence-electron chi connectivity index (χ4n) is 3.03. The number of hydrogen-bond donors (Lipinski definition) is 1. The molecule has 1 heterocycles. The van der Waals surface area contributed by atoms with Gasteiger partial charge in [0.1, 0.15) is 5.75 Å². The Hall–Kier alpha value is -3.25. The number of carbonyl (C=O) groups is 1. The third kappa shape index (κ3) is 6.37. The molecular weight excluding hydrogens is 578 g/mol. The van der Waals surface area contributed by atoms with Crippen LogP contribution in [0.25, 0.3) is 6.08 Å². The van der Waals surface area contributed by atoms with Gasteiger partial charge in [-0.05, 0) is 65.9 Å². The Bertz CT molecular complexity index is 1500. The highest BCUT2D eigenvalue weighted by atomic mass is 35.5. The topological polar surface area (TPSA) is 93.8 Å². The van der Waals surface area contributed by atoms with Gasteiger partial charge in [-0.25, -0.2) is 4.99 Å². The smallest absolute Gasteiger partial charge is 0.416 e. The SMILES string of the molecule is O=C1NC(=Nc2ccc(Cl)c(Cl)c2)S/C1=C\c1ccc(Oc2ccc(C(F)(F)F)cc2[N+](=O)[O-])c(Cl)c1. The molecule has 1 N–H and O–H groups in total. The zero-order valence-electron chi connectivity index (χ0n) is 18.0. The third-order valence-corrected chi connectivity index (χ3v) is 6.69. The van der Waals surface area contributed by atoms with Crippen LogP contribution in [-0.4, -0.2) is 16.0 Å². The number of alkyl halides is 3.